The second-order valence-electron chi connectivity index (χ2n) is 5.46. The van der Waals surface area contributed by atoms with Crippen molar-refractivity contribution < 1.29 is 17.9 Å². The highest BCUT2D eigenvalue weighted by Gasteiger charge is 2.13. The van der Waals surface area contributed by atoms with Gasteiger partial charge in [-0.1, -0.05) is 23.5 Å². The lowest BCUT2D eigenvalue weighted by molar-refractivity contribution is 0.0995. The van der Waals surface area contributed by atoms with E-state index in [0.717, 1.165) is 16.5 Å². The van der Waals surface area contributed by atoms with E-state index in [1.807, 2.05) is 0 Å². The van der Waals surface area contributed by atoms with Gasteiger partial charge < -0.3 is 9.30 Å². The summed E-state index contributed by atoms with van der Waals surface area (Å²) in [5.74, 6) is 0.0438. The Kier molecular flexibility index (Phi) is 4.49. The van der Waals surface area contributed by atoms with E-state index in [4.69, 9.17) is 4.74 Å². The average Bonchev–Trinajstić information content (AvgIpc) is 2.89. The summed E-state index contributed by atoms with van der Waals surface area (Å²) in [6, 6.07) is 11.7. The van der Waals surface area contributed by atoms with Crippen molar-refractivity contribution in [2.75, 3.05) is 13.4 Å². The minimum absolute atomic E-state index is 0.240. The number of hydrogen-bond acceptors (Lipinski definition) is 5. The standard InChI is InChI=1S/C17H16N2O4S2/c1-19-13-9-8-11(25(3,21)22)10-15(13)24-17(19)18-16(20)12-6-4-5-7-14(12)23-2/h4-10H,1-3H3. The highest BCUT2D eigenvalue weighted by molar-refractivity contribution is 7.90. The Labute approximate surface area is 148 Å². The van der Waals surface area contributed by atoms with Gasteiger partial charge in [0.2, 0.25) is 0 Å². The minimum Gasteiger partial charge on any atom is -0.496 e. The van der Waals surface area contributed by atoms with Gasteiger partial charge in [-0.15, -0.1) is 0 Å². The van der Waals surface area contributed by atoms with Crippen molar-refractivity contribution >= 4 is 37.3 Å². The van der Waals surface area contributed by atoms with Gasteiger partial charge in [0.25, 0.3) is 5.91 Å². The first-order valence-corrected chi connectivity index (χ1v) is 10.0. The molecule has 0 N–H and O–H groups in total. The fourth-order valence-electron chi connectivity index (χ4n) is 2.42. The van der Waals surface area contributed by atoms with E-state index in [1.165, 1.54) is 18.4 Å². The number of aryl methyl sites for hydroxylation is 1. The number of hydrogen-bond donors (Lipinski definition) is 0. The number of carbonyl (C=O) groups is 1. The quantitative estimate of drug-likeness (QED) is 0.703. The molecule has 130 valence electrons. The number of para-hydroxylation sites is 1. The van der Waals surface area contributed by atoms with Gasteiger partial charge in [-0.3, -0.25) is 4.79 Å². The van der Waals surface area contributed by atoms with Crippen LogP contribution in [0.2, 0.25) is 0 Å². The second kappa shape index (κ2) is 6.45. The van der Waals surface area contributed by atoms with Crippen molar-refractivity contribution in [3.05, 3.63) is 52.8 Å². The number of thiazole rings is 1. The highest BCUT2D eigenvalue weighted by atomic mass is 32.2. The van der Waals surface area contributed by atoms with Crippen LogP contribution in [0.1, 0.15) is 10.4 Å². The number of carbonyl (C=O) groups excluding carboxylic acids is 1. The van der Waals surface area contributed by atoms with Gasteiger partial charge in [-0.25, -0.2) is 8.42 Å². The molecule has 0 saturated carbocycles. The maximum Gasteiger partial charge on any atom is 0.283 e. The van der Waals surface area contributed by atoms with Gasteiger partial charge in [-0.2, -0.15) is 4.99 Å². The van der Waals surface area contributed by atoms with E-state index in [0.29, 0.717) is 16.1 Å². The zero-order valence-electron chi connectivity index (χ0n) is 13.9. The van der Waals surface area contributed by atoms with Gasteiger partial charge in [0.1, 0.15) is 5.75 Å². The number of nitrogens with zero attached hydrogens (tertiary/aromatic N) is 2. The Morgan fingerprint density at radius 3 is 2.60 bits per heavy atom. The maximum atomic E-state index is 12.5. The third-order valence-electron chi connectivity index (χ3n) is 3.74. The Morgan fingerprint density at radius 1 is 1.20 bits per heavy atom. The first-order valence-electron chi connectivity index (χ1n) is 7.33. The monoisotopic (exact) mass is 376 g/mol. The molecule has 3 aromatic rings. The summed E-state index contributed by atoms with van der Waals surface area (Å²) in [5.41, 5.74) is 1.18. The van der Waals surface area contributed by atoms with Crippen LogP contribution in [0.3, 0.4) is 0 Å². The predicted molar refractivity (Wildman–Crippen MR) is 96.8 cm³/mol. The molecule has 0 saturated heterocycles. The van der Waals surface area contributed by atoms with Crippen LogP contribution in [0, 0.1) is 0 Å². The van der Waals surface area contributed by atoms with Crippen LogP contribution in [0.4, 0.5) is 0 Å². The fourth-order valence-corrected chi connectivity index (χ4v) is 4.20. The largest absolute Gasteiger partial charge is 0.496 e. The molecule has 0 aliphatic rings. The Balaban J connectivity index is 2.13. The van der Waals surface area contributed by atoms with Crippen molar-refractivity contribution in [2.24, 2.45) is 12.0 Å². The molecule has 25 heavy (non-hydrogen) atoms. The number of amides is 1. The van der Waals surface area contributed by atoms with Gasteiger partial charge in [0.05, 0.1) is 27.8 Å². The summed E-state index contributed by atoms with van der Waals surface area (Å²) >= 11 is 1.26. The number of benzene rings is 2. The number of fused-ring (bicyclic) bond motifs is 1. The fraction of sp³-hybridized carbons (Fsp3) is 0.176. The molecule has 0 aliphatic heterocycles. The van der Waals surface area contributed by atoms with Gasteiger partial charge in [-0.05, 0) is 30.3 Å². The summed E-state index contributed by atoms with van der Waals surface area (Å²) in [5, 5.41) is 0. The zero-order chi connectivity index (χ0) is 18.2. The van der Waals surface area contributed by atoms with Crippen LogP contribution < -0.4 is 9.54 Å². The van der Waals surface area contributed by atoms with E-state index in [9.17, 15) is 13.2 Å². The van der Waals surface area contributed by atoms with E-state index >= 15 is 0 Å². The molecule has 0 aliphatic carbocycles. The van der Waals surface area contributed by atoms with E-state index < -0.39 is 15.7 Å². The summed E-state index contributed by atoms with van der Waals surface area (Å²) in [6.07, 6.45) is 1.16. The molecule has 0 radical (unpaired) electrons. The number of rotatable bonds is 3. The van der Waals surface area contributed by atoms with Crippen molar-refractivity contribution in [1.29, 1.82) is 0 Å². The molecule has 0 unspecified atom stereocenters. The van der Waals surface area contributed by atoms with Gasteiger partial charge in [0, 0.05) is 13.3 Å². The second-order valence-corrected chi connectivity index (χ2v) is 8.49. The van der Waals surface area contributed by atoms with E-state index in [1.54, 1.807) is 54.1 Å². The summed E-state index contributed by atoms with van der Waals surface area (Å²) in [4.78, 5) is 17.4. The Morgan fingerprint density at radius 2 is 1.92 bits per heavy atom. The molecule has 3 rings (SSSR count). The Bertz CT molecular complexity index is 1140. The summed E-state index contributed by atoms with van der Waals surface area (Å²) in [7, 11) is -0.00630. The number of sulfone groups is 1. The molecule has 0 bridgehead atoms. The van der Waals surface area contributed by atoms with Crippen LogP contribution in [0.5, 0.6) is 5.75 Å². The molecule has 8 heteroatoms. The van der Waals surface area contributed by atoms with Crippen molar-refractivity contribution in [3.63, 3.8) is 0 Å². The lowest BCUT2D eigenvalue weighted by atomic mass is 10.2. The maximum absolute atomic E-state index is 12.5. The lowest BCUT2D eigenvalue weighted by Gasteiger charge is -2.03. The smallest absolute Gasteiger partial charge is 0.283 e. The first kappa shape index (κ1) is 17.4. The first-order chi connectivity index (χ1) is 11.8. The van der Waals surface area contributed by atoms with Crippen molar-refractivity contribution in [2.45, 2.75) is 4.90 Å². The summed E-state index contributed by atoms with van der Waals surface area (Å²) in [6.45, 7) is 0. The number of aromatic nitrogens is 1. The third-order valence-corrected chi connectivity index (χ3v) is 5.95. The van der Waals surface area contributed by atoms with E-state index in [2.05, 4.69) is 4.99 Å². The number of ether oxygens (including phenoxy) is 1. The van der Waals surface area contributed by atoms with Crippen molar-refractivity contribution in [1.82, 2.24) is 4.57 Å². The molecular formula is C17H16N2O4S2. The van der Waals surface area contributed by atoms with Crippen LogP contribution in [0.25, 0.3) is 10.2 Å². The van der Waals surface area contributed by atoms with Crippen molar-refractivity contribution in [3.8, 4) is 5.75 Å². The zero-order valence-corrected chi connectivity index (χ0v) is 15.5. The normalized spacial score (nSPS) is 12.5. The molecule has 0 spiro atoms. The molecule has 2 aromatic carbocycles. The van der Waals surface area contributed by atoms with Crippen LogP contribution in [0.15, 0.2) is 52.4 Å². The van der Waals surface area contributed by atoms with Gasteiger partial charge in [0.15, 0.2) is 14.6 Å². The SMILES string of the molecule is COc1ccccc1C(=O)N=c1sc2cc(S(C)(=O)=O)ccc2n1C. The molecule has 1 aromatic heterocycles. The number of methoxy groups -OCH3 is 1. The molecule has 0 fully saturated rings. The molecular weight excluding hydrogens is 360 g/mol. The summed E-state index contributed by atoms with van der Waals surface area (Å²) < 4.78 is 31.1. The topological polar surface area (TPSA) is 77.7 Å². The Hall–Kier alpha value is -2.45. The molecule has 0 atom stereocenters. The molecule has 6 nitrogen and oxygen atoms in total. The molecule has 1 heterocycles. The predicted octanol–water partition coefficient (Wildman–Crippen LogP) is 2.39. The molecule has 1 amide bonds. The average molecular weight is 376 g/mol. The van der Waals surface area contributed by atoms with Crippen LogP contribution >= 0.6 is 11.3 Å². The van der Waals surface area contributed by atoms with Gasteiger partial charge >= 0.3 is 0 Å². The third kappa shape index (κ3) is 3.35. The lowest BCUT2D eigenvalue weighted by Crippen LogP contribution is -2.13. The minimum atomic E-state index is -3.29. The highest BCUT2D eigenvalue weighted by Crippen LogP contribution is 2.22. The van der Waals surface area contributed by atoms with Crippen LogP contribution in [-0.4, -0.2) is 32.3 Å². The van der Waals surface area contributed by atoms with E-state index in [-0.39, 0.29) is 4.90 Å². The van der Waals surface area contributed by atoms with Crippen LogP contribution in [-0.2, 0) is 16.9 Å².